The van der Waals surface area contributed by atoms with Gasteiger partial charge in [-0.2, -0.15) is 0 Å². The predicted octanol–water partition coefficient (Wildman–Crippen LogP) is 1.52. The summed E-state index contributed by atoms with van der Waals surface area (Å²) in [5, 5.41) is 0. The molecule has 1 atom stereocenters. The van der Waals surface area contributed by atoms with Gasteiger partial charge in [0.15, 0.2) is 0 Å². The van der Waals surface area contributed by atoms with Crippen LogP contribution in [0.4, 0.5) is 0 Å². The van der Waals surface area contributed by atoms with Gasteiger partial charge in [-0.05, 0) is 18.9 Å². The van der Waals surface area contributed by atoms with E-state index in [1.165, 1.54) is 6.26 Å². The molecule has 3 heterocycles. The summed E-state index contributed by atoms with van der Waals surface area (Å²) in [5.74, 6) is 0.719. The molecule has 0 spiro atoms. The topological polar surface area (TPSA) is 71.9 Å². The van der Waals surface area contributed by atoms with Crippen molar-refractivity contribution in [3.8, 4) is 0 Å². The highest BCUT2D eigenvalue weighted by molar-refractivity contribution is 5.94. The quantitative estimate of drug-likeness (QED) is 0.875. The maximum absolute atomic E-state index is 12.6. The number of carbonyl (C=O) groups excluding carboxylic acids is 1. The third-order valence-corrected chi connectivity index (χ3v) is 4.31. The first-order chi connectivity index (χ1) is 10.3. The number of furan rings is 1. The van der Waals surface area contributed by atoms with Crippen molar-refractivity contribution in [1.29, 1.82) is 0 Å². The Hall–Kier alpha value is -0.790. The van der Waals surface area contributed by atoms with Crippen LogP contribution in [0.2, 0.25) is 0 Å². The van der Waals surface area contributed by atoms with E-state index in [4.69, 9.17) is 14.9 Å². The molecule has 1 aromatic heterocycles. The van der Waals surface area contributed by atoms with Crippen molar-refractivity contribution in [2.24, 2.45) is 5.73 Å². The van der Waals surface area contributed by atoms with E-state index in [0.29, 0.717) is 23.9 Å². The van der Waals surface area contributed by atoms with Gasteiger partial charge in [-0.1, -0.05) is 0 Å². The van der Waals surface area contributed by atoms with Crippen molar-refractivity contribution < 1.29 is 13.9 Å². The Bertz CT molecular complexity index is 492. The highest BCUT2D eigenvalue weighted by atomic mass is 35.5. The maximum Gasteiger partial charge on any atom is 0.257 e. The van der Waals surface area contributed by atoms with Crippen LogP contribution in [0.15, 0.2) is 16.7 Å². The number of likely N-dealkylation sites (tertiary alicyclic amines) is 1. The van der Waals surface area contributed by atoms with Crippen LogP contribution in [-0.2, 0) is 11.3 Å². The number of halogens is 2. The Kier molecular flexibility index (Phi) is 8.36. The standard InChI is InChI=1S/C15H23N3O3.2ClH/c16-9-14-8-12(11-21-14)15(19)18-3-1-2-13(18)10-17-4-6-20-7-5-17;;/h8,11,13H,1-7,9-10,16H2;2*1H. The van der Waals surface area contributed by atoms with E-state index in [0.717, 1.165) is 52.2 Å². The zero-order chi connectivity index (χ0) is 14.7. The molecule has 2 aliphatic rings. The van der Waals surface area contributed by atoms with Crippen LogP contribution >= 0.6 is 24.8 Å². The van der Waals surface area contributed by atoms with Crippen LogP contribution < -0.4 is 5.73 Å². The Labute approximate surface area is 149 Å². The fourth-order valence-electron chi connectivity index (χ4n) is 3.14. The molecule has 23 heavy (non-hydrogen) atoms. The molecule has 0 radical (unpaired) electrons. The molecule has 132 valence electrons. The molecule has 2 aliphatic heterocycles. The van der Waals surface area contributed by atoms with E-state index in [2.05, 4.69) is 4.90 Å². The Balaban J connectivity index is 0.00000132. The molecule has 3 rings (SSSR count). The third-order valence-electron chi connectivity index (χ3n) is 4.31. The van der Waals surface area contributed by atoms with Gasteiger partial charge in [0.25, 0.3) is 5.91 Å². The van der Waals surface area contributed by atoms with Gasteiger partial charge in [-0.15, -0.1) is 24.8 Å². The lowest BCUT2D eigenvalue weighted by molar-refractivity contribution is 0.0261. The Morgan fingerprint density at radius 1 is 1.26 bits per heavy atom. The highest BCUT2D eigenvalue weighted by Crippen LogP contribution is 2.22. The molecule has 0 bridgehead atoms. The van der Waals surface area contributed by atoms with Gasteiger partial charge < -0.3 is 19.8 Å². The lowest BCUT2D eigenvalue weighted by Gasteiger charge is -2.32. The number of morpholine rings is 1. The summed E-state index contributed by atoms with van der Waals surface area (Å²) in [6, 6.07) is 2.05. The number of amides is 1. The number of rotatable bonds is 4. The van der Waals surface area contributed by atoms with Crippen molar-refractivity contribution >= 4 is 30.7 Å². The van der Waals surface area contributed by atoms with Crippen LogP contribution in [0.3, 0.4) is 0 Å². The minimum atomic E-state index is 0. The minimum Gasteiger partial charge on any atom is -0.467 e. The normalized spacial score (nSPS) is 21.6. The molecule has 2 saturated heterocycles. The largest absolute Gasteiger partial charge is 0.467 e. The van der Waals surface area contributed by atoms with Crippen LogP contribution in [0.25, 0.3) is 0 Å². The molecular formula is C15H25Cl2N3O3. The number of nitrogens with zero attached hydrogens (tertiary/aromatic N) is 2. The van der Waals surface area contributed by atoms with Crippen LogP contribution in [0.5, 0.6) is 0 Å². The number of nitrogens with two attached hydrogens (primary N) is 1. The minimum absolute atomic E-state index is 0. The SMILES string of the molecule is Cl.Cl.NCc1cc(C(=O)N2CCCC2CN2CCOCC2)co1. The zero-order valence-electron chi connectivity index (χ0n) is 13.1. The summed E-state index contributed by atoms with van der Waals surface area (Å²) in [5.41, 5.74) is 6.15. The number of carbonyl (C=O) groups is 1. The lowest BCUT2D eigenvalue weighted by Crippen LogP contribution is -2.46. The first kappa shape index (κ1) is 20.3. The van der Waals surface area contributed by atoms with Crippen LogP contribution in [0.1, 0.15) is 29.0 Å². The van der Waals surface area contributed by atoms with Crippen molar-refractivity contribution in [3.63, 3.8) is 0 Å². The summed E-state index contributed by atoms with van der Waals surface area (Å²) < 4.78 is 10.7. The van der Waals surface area contributed by atoms with Gasteiger partial charge in [0.2, 0.25) is 0 Å². The second kappa shape index (κ2) is 9.49. The van der Waals surface area contributed by atoms with Gasteiger partial charge in [0.1, 0.15) is 12.0 Å². The molecule has 1 aromatic rings. The van der Waals surface area contributed by atoms with E-state index >= 15 is 0 Å². The van der Waals surface area contributed by atoms with E-state index in [-0.39, 0.29) is 30.7 Å². The summed E-state index contributed by atoms with van der Waals surface area (Å²) in [4.78, 5) is 17.0. The first-order valence-electron chi connectivity index (χ1n) is 7.66. The number of hydrogen-bond donors (Lipinski definition) is 1. The average Bonchev–Trinajstić information content (AvgIpc) is 3.16. The van der Waals surface area contributed by atoms with E-state index in [9.17, 15) is 4.79 Å². The van der Waals surface area contributed by atoms with Gasteiger partial charge in [0.05, 0.1) is 25.3 Å². The van der Waals surface area contributed by atoms with Crippen molar-refractivity contribution in [2.45, 2.75) is 25.4 Å². The van der Waals surface area contributed by atoms with E-state index < -0.39 is 0 Å². The van der Waals surface area contributed by atoms with Gasteiger partial charge in [-0.25, -0.2) is 0 Å². The molecular weight excluding hydrogens is 341 g/mol. The number of ether oxygens (including phenoxy) is 1. The molecule has 6 nitrogen and oxygen atoms in total. The average molecular weight is 366 g/mol. The monoisotopic (exact) mass is 365 g/mol. The second-order valence-electron chi connectivity index (χ2n) is 5.71. The molecule has 1 unspecified atom stereocenters. The molecule has 0 aliphatic carbocycles. The van der Waals surface area contributed by atoms with Crippen LogP contribution in [-0.4, -0.2) is 61.1 Å². The zero-order valence-corrected chi connectivity index (χ0v) is 14.7. The van der Waals surface area contributed by atoms with Gasteiger partial charge in [0, 0.05) is 32.2 Å². The van der Waals surface area contributed by atoms with Crippen LogP contribution in [0, 0.1) is 0 Å². The predicted molar refractivity (Wildman–Crippen MR) is 92.4 cm³/mol. The summed E-state index contributed by atoms with van der Waals surface area (Å²) in [7, 11) is 0. The molecule has 2 N–H and O–H groups in total. The first-order valence-corrected chi connectivity index (χ1v) is 7.66. The lowest BCUT2D eigenvalue weighted by atomic mass is 10.2. The second-order valence-corrected chi connectivity index (χ2v) is 5.71. The molecule has 0 aromatic carbocycles. The van der Waals surface area contributed by atoms with E-state index in [1.54, 1.807) is 6.07 Å². The molecule has 2 fully saturated rings. The Morgan fingerprint density at radius 3 is 2.65 bits per heavy atom. The fourth-order valence-corrected chi connectivity index (χ4v) is 3.14. The summed E-state index contributed by atoms with van der Waals surface area (Å²) in [6.45, 7) is 5.60. The summed E-state index contributed by atoms with van der Waals surface area (Å²) in [6.07, 6.45) is 3.67. The molecule has 1 amide bonds. The van der Waals surface area contributed by atoms with Gasteiger partial charge in [-0.3, -0.25) is 9.69 Å². The maximum atomic E-state index is 12.6. The molecule has 8 heteroatoms. The van der Waals surface area contributed by atoms with Crippen molar-refractivity contribution in [3.05, 3.63) is 23.7 Å². The third kappa shape index (κ3) is 4.84. The van der Waals surface area contributed by atoms with E-state index in [1.807, 2.05) is 4.90 Å². The number of hydrogen-bond acceptors (Lipinski definition) is 5. The fraction of sp³-hybridized carbons (Fsp3) is 0.667. The van der Waals surface area contributed by atoms with Crippen molar-refractivity contribution in [2.75, 3.05) is 39.4 Å². The Morgan fingerprint density at radius 2 is 2.00 bits per heavy atom. The van der Waals surface area contributed by atoms with Crippen molar-refractivity contribution in [1.82, 2.24) is 9.80 Å². The highest BCUT2D eigenvalue weighted by Gasteiger charge is 2.31. The molecule has 0 saturated carbocycles. The smallest absolute Gasteiger partial charge is 0.257 e. The van der Waals surface area contributed by atoms with Gasteiger partial charge >= 0.3 is 0 Å². The summed E-state index contributed by atoms with van der Waals surface area (Å²) >= 11 is 0.